The fourth-order valence-corrected chi connectivity index (χ4v) is 5.91. The van der Waals surface area contributed by atoms with Crippen molar-refractivity contribution in [1.29, 1.82) is 0 Å². The van der Waals surface area contributed by atoms with Gasteiger partial charge in [-0.05, 0) is 67.0 Å². The summed E-state index contributed by atoms with van der Waals surface area (Å²) >= 11 is 0. The molecule has 6 nitrogen and oxygen atoms in total. The highest BCUT2D eigenvalue weighted by molar-refractivity contribution is 5.94. The van der Waals surface area contributed by atoms with Crippen LogP contribution in [0.4, 0.5) is 8.78 Å². The Bertz CT molecular complexity index is 1280. The first kappa shape index (κ1) is 22.5. The number of aliphatic hydroxyl groups is 1. The molecule has 1 aromatic carbocycles. The number of nitrogens with zero attached hydrogens (tertiary/aromatic N) is 3. The van der Waals surface area contributed by atoms with Crippen LogP contribution >= 0.6 is 0 Å². The Morgan fingerprint density at radius 1 is 1.21 bits per heavy atom. The van der Waals surface area contributed by atoms with Gasteiger partial charge in [-0.1, -0.05) is 19.9 Å². The second-order valence-electron chi connectivity index (χ2n) is 9.84. The average Bonchev–Trinajstić information content (AvgIpc) is 3.20. The van der Waals surface area contributed by atoms with Crippen LogP contribution in [0.3, 0.4) is 0 Å². The van der Waals surface area contributed by atoms with Crippen LogP contribution in [0.25, 0.3) is 11.3 Å². The number of aromatic nitrogens is 3. The predicted molar refractivity (Wildman–Crippen MR) is 122 cm³/mol. The molecule has 3 atom stereocenters. The predicted octanol–water partition coefficient (Wildman–Crippen LogP) is 4.13. The number of aliphatic hydroxyl groups excluding tert-OH is 1. The number of rotatable bonds is 5. The average molecular weight is 465 g/mol. The van der Waals surface area contributed by atoms with Crippen molar-refractivity contribution in [2.45, 2.75) is 51.0 Å². The molecular formula is C26H26F2N4O2. The summed E-state index contributed by atoms with van der Waals surface area (Å²) in [6.45, 7) is 5.87. The number of benzene rings is 1. The first-order valence-electron chi connectivity index (χ1n) is 11.4. The molecule has 8 heteroatoms. The maximum atomic E-state index is 14.4. The van der Waals surface area contributed by atoms with Gasteiger partial charge in [0, 0.05) is 17.8 Å². The van der Waals surface area contributed by atoms with Crippen molar-refractivity contribution in [2.24, 2.45) is 5.41 Å². The highest BCUT2D eigenvalue weighted by Crippen LogP contribution is 2.69. The van der Waals surface area contributed by atoms with Crippen molar-refractivity contribution >= 4 is 5.91 Å². The maximum absolute atomic E-state index is 14.4. The van der Waals surface area contributed by atoms with Gasteiger partial charge in [-0.15, -0.1) is 5.10 Å². The molecule has 0 unspecified atom stereocenters. The molecule has 0 spiro atoms. The number of pyridine rings is 1. The molecule has 0 radical (unpaired) electrons. The van der Waals surface area contributed by atoms with E-state index in [0.717, 1.165) is 29.8 Å². The minimum absolute atomic E-state index is 0.111. The summed E-state index contributed by atoms with van der Waals surface area (Å²) in [6, 6.07) is 8.56. The molecular weight excluding hydrogens is 438 g/mol. The van der Waals surface area contributed by atoms with Crippen molar-refractivity contribution in [2.75, 3.05) is 6.61 Å². The Morgan fingerprint density at radius 3 is 2.65 bits per heavy atom. The molecule has 2 bridgehead atoms. The Labute approximate surface area is 196 Å². The van der Waals surface area contributed by atoms with E-state index < -0.39 is 17.0 Å². The maximum Gasteiger partial charge on any atom is 0.251 e. The summed E-state index contributed by atoms with van der Waals surface area (Å²) < 4.78 is 28.9. The Morgan fingerprint density at radius 2 is 1.94 bits per heavy atom. The number of carbonyl (C=O) groups excluding carboxylic acids is 1. The van der Waals surface area contributed by atoms with E-state index in [2.05, 4.69) is 34.3 Å². The van der Waals surface area contributed by atoms with E-state index in [-0.39, 0.29) is 41.1 Å². The molecule has 2 heterocycles. The number of hydrogen-bond donors (Lipinski definition) is 2. The van der Waals surface area contributed by atoms with Crippen LogP contribution in [-0.4, -0.2) is 38.8 Å². The number of amides is 1. The lowest BCUT2D eigenvalue weighted by Gasteiger charge is -2.37. The zero-order valence-corrected chi connectivity index (χ0v) is 19.3. The van der Waals surface area contributed by atoms with Crippen LogP contribution in [0.1, 0.15) is 66.8 Å². The molecule has 1 saturated carbocycles. The normalized spacial score (nSPS) is 22.9. The Kier molecular flexibility index (Phi) is 5.24. The highest BCUT2D eigenvalue weighted by atomic mass is 19.1. The molecule has 2 aromatic heterocycles. The zero-order chi connectivity index (χ0) is 24.3. The lowest BCUT2D eigenvalue weighted by atomic mass is 9.66. The minimum Gasteiger partial charge on any atom is -0.394 e. The topological polar surface area (TPSA) is 88.0 Å². The quantitative estimate of drug-likeness (QED) is 0.593. The van der Waals surface area contributed by atoms with Gasteiger partial charge in [0.15, 0.2) is 0 Å². The van der Waals surface area contributed by atoms with E-state index >= 15 is 0 Å². The number of hydrogen-bond acceptors (Lipinski definition) is 5. The van der Waals surface area contributed by atoms with E-state index in [1.54, 1.807) is 31.3 Å². The first-order valence-corrected chi connectivity index (χ1v) is 11.4. The van der Waals surface area contributed by atoms with E-state index in [0.29, 0.717) is 5.56 Å². The van der Waals surface area contributed by atoms with Crippen molar-refractivity contribution in [1.82, 2.24) is 20.5 Å². The second-order valence-corrected chi connectivity index (χ2v) is 9.84. The number of nitrogens with one attached hydrogen (secondary N) is 1. The second kappa shape index (κ2) is 7.91. The number of carbonyl (C=O) groups is 1. The molecule has 1 amide bonds. The summed E-state index contributed by atoms with van der Waals surface area (Å²) in [5.41, 5.74) is 1.97. The molecule has 176 valence electrons. The molecule has 2 aliphatic rings. The van der Waals surface area contributed by atoms with E-state index in [9.17, 15) is 18.7 Å². The van der Waals surface area contributed by atoms with Crippen LogP contribution < -0.4 is 5.32 Å². The standard InChI is InChI=1S/C26H26F2N4O2/c1-14(13-33)30-24(34)15-8-10-29-21(11-15)26-9-7-17(25(26,2)3)16-12-20(31-32-23(16)26)22-18(27)5-4-6-19(22)28/h4-6,8,10-12,14,17,33H,7,9,13H2,1-3H3,(H,30,34)/t14-,17-,26+/m0/s1. The summed E-state index contributed by atoms with van der Waals surface area (Å²) in [5, 5.41) is 20.8. The van der Waals surface area contributed by atoms with Crippen molar-refractivity contribution in [3.05, 3.63) is 76.7 Å². The molecule has 1 fully saturated rings. The van der Waals surface area contributed by atoms with Crippen molar-refractivity contribution in [3.8, 4) is 11.3 Å². The summed E-state index contributed by atoms with van der Waals surface area (Å²) in [4.78, 5) is 17.4. The zero-order valence-electron chi connectivity index (χ0n) is 19.3. The van der Waals surface area contributed by atoms with Gasteiger partial charge in [-0.2, -0.15) is 5.10 Å². The molecule has 0 saturated heterocycles. The fourth-order valence-electron chi connectivity index (χ4n) is 5.91. The van der Waals surface area contributed by atoms with Crippen LogP contribution in [-0.2, 0) is 5.41 Å². The Balaban J connectivity index is 1.62. The monoisotopic (exact) mass is 464 g/mol. The highest BCUT2D eigenvalue weighted by Gasteiger charge is 2.65. The summed E-state index contributed by atoms with van der Waals surface area (Å²) in [6.07, 6.45) is 3.26. The van der Waals surface area contributed by atoms with Crippen LogP contribution in [0, 0.1) is 17.0 Å². The van der Waals surface area contributed by atoms with Gasteiger partial charge in [0.05, 0.1) is 34.7 Å². The molecule has 3 aromatic rings. The molecule has 0 aliphatic heterocycles. The van der Waals surface area contributed by atoms with Gasteiger partial charge in [0.1, 0.15) is 11.6 Å². The Hall–Kier alpha value is -3.26. The molecule has 34 heavy (non-hydrogen) atoms. The van der Waals surface area contributed by atoms with Gasteiger partial charge < -0.3 is 10.4 Å². The minimum atomic E-state index is -0.677. The third-order valence-electron chi connectivity index (χ3n) is 7.71. The number of halogens is 2. The van der Waals surface area contributed by atoms with Crippen molar-refractivity contribution in [3.63, 3.8) is 0 Å². The largest absolute Gasteiger partial charge is 0.394 e. The lowest BCUT2D eigenvalue weighted by molar-refractivity contribution is 0.0921. The first-order chi connectivity index (χ1) is 16.2. The third-order valence-corrected chi connectivity index (χ3v) is 7.71. The van der Waals surface area contributed by atoms with Crippen molar-refractivity contribution < 1.29 is 18.7 Å². The lowest BCUT2D eigenvalue weighted by Crippen LogP contribution is -2.39. The third kappa shape index (κ3) is 3.08. The molecule has 2 aliphatic carbocycles. The van der Waals surface area contributed by atoms with Gasteiger partial charge >= 0.3 is 0 Å². The van der Waals surface area contributed by atoms with Gasteiger partial charge in [0.2, 0.25) is 0 Å². The number of fused-ring (bicyclic) bond motifs is 5. The van der Waals surface area contributed by atoms with Crippen LogP contribution in [0.5, 0.6) is 0 Å². The molecule has 5 rings (SSSR count). The summed E-state index contributed by atoms with van der Waals surface area (Å²) in [7, 11) is 0. The van der Waals surface area contributed by atoms with Crippen LogP contribution in [0.15, 0.2) is 42.6 Å². The van der Waals surface area contributed by atoms with E-state index in [1.165, 1.54) is 18.2 Å². The smallest absolute Gasteiger partial charge is 0.251 e. The van der Waals surface area contributed by atoms with Crippen LogP contribution in [0.2, 0.25) is 0 Å². The summed E-state index contributed by atoms with van der Waals surface area (Å²) in [5.74, 6) is -1.53. The van der Waals surface area contributed by atoms with E-state index in [1.807, 2.05) is 0 Å². The van der Waals surface area contributed by atoms with Gasteiger partial charge in [-0.25, -0.2) is 8.78 Å². The SMILES string of the molecule is C[C@@H](CO)NC(=O)c1ccnc([C@]23CC[C@@H](c4cc(-c5c(F)cccc5F)nnc42)C3(C)C)c1. The van der Waals surface area contributed by atoms with Gasteiger partial charge in [-0.3, -0.25) is 9.78 Å². The molecule has 2 N–H and O–H groups in total. The fraction of sp³-hybridized carbons (Fsp3) is 0.385. The van der Waals surface area contributed by atoms with Gasteiger partial charge in [0.25, 0.3) is 5.91 Å². The van der Waals surface area contributed by atoms with E-state index in [4.69, 9.17) is 0 Å².